The molecular weight excluding hydrogens is 430 g/mol. The molecule has 1 aliphatic heterocycles. The van der Waals surface area contributed by atoms with Crippen molar-refractivity contribution in [1.82, 2.24) is 14.9 Å². The van der Waals surface area contributed by atoms with Crippen molar-refractivity contribution >= 4 is 28.4 Å². The average Bonchev–Trinajstić information content (AvgIpc) is 2.85. The first kappa shape index (κ1) is 23.6. The number of hydrogen-bond acceptors (Lipinski definition) is 8. The highest BCUT2D eigenvalue weighted by Gasteiger charge is 2.20. The molecule has 178 valence electrons. The highest BCUT2D eigenvalue weighted by molar-refractivity contribution is 5.94. The van der Waals surface area contributed by atoms with E-state index in [1.807, 2.05) is 43.3 Å². The van der Waals surface area contributed by atoms with Crippen molar-refractivity contribution < 1.29 is 14.2 Å². The number of benzene rings is 2. The molecule has 1 aliphatic rings. The van der Waals surface area contributed by atoms with E-state index in [1.54, 1.807) is 7.11 Å². The maximum absolute atomic E-state index is 5.96. The number of methoxy groups -OCH3 is 1. The molecule has 1 fully saturated rings. The molecular formula is C26H31N5O3. The lowest BCUT2D eigenvalue weighted by Crippen LogP contribution is -2.45. The SMILES string of the molecule is C#Cc1cccc(Nc2nc(N3CCN(C)CC3)nc3cc(OCC)c(OCCOC)cc23)c1. The molecule has 0 saturated carbocycles. The first-order valence-corrected chi connectivity index (χ1v) is 11.5. The van der Waals surface area contributed by atoms with Gasteiger partial charge in [-0.25, -0.2) is 4.98 Å². The van der Waals surface area contributed by atoms with Gasteiger partial charge in [0.25, 0.3) is 0 Å². The Kier molecular flexibility index (Phi) is 7.68. The fourth-order valence-corrected chi connectivity index (χ4v) is 3.81. The molecule has 4 rings (SSSR count). The lowest BCUT2D eigenvalue weighted by molar-refractivity contribution is 0.143. The van der Waals surface area contributed by atoms with Gasteiger partial charge in [0.1, 0.15) is 12.4 Å². The van der Waals surface area contributed by atoms with Crippen LogP contribution in [0.1, 0.15) is 12.5 Å². The highest BCUT2D eigenvalue weighted by atomic mass is 16.5. The lowest BCUT2D eigenvalue weighted by Gasteiger charge is -2.32. The fourth-order valence-electron chi connectivity index (χ4n) is 3.81. The number of nitrogens with one attached hydrogen (secondary N) is 1. The first-order valence-electron chi connectivity index (χ1n) is 11.5. The smallest absolute Gasteiger partial charge is 0.227 e. The average molecular weight is 462 g/mol. The molecule has 8 heteroatoms. The van der Waals surface area contributed by atoms with Crippen LogP contribution >= 0.6 is 0 Å². The number of terminal acetylenes is 1. The highest BCUT2D eigenvalue weighted by Crippen LogP contribution is 2.36. The Morgan fingerprint density at radius 3 is 2.56 bits per heavy atom. The zero-order valence-corrected chi connectivity index (χ0v) is 20.0. The Labute approximate surface area is 200 Å². The van der Waals surface area contributed by atoms with E-state index >= 15 is 0 Å². The Morgan fingerprint density at radius 2 is 1.82 bits per heavy atom. The van der Waals surface area contributed by atoms with Gasteiger partial charge in [0.15, 0.2) is 11.5 Å². The number of nitrogens with zero attached hydrogens (tertiary/aromatic N) is 4. The Morgan fingerprint density at radius 1 is 1.03 bits per heavy atom. The van der Waals surface area contributed by atoms with E-state index < -0.39 is 0 Å². The molecule has 2 heterocycles. The molecule has 8 nitrogen and oxygen atoms in total. The Bertz CT molecular complexity index is 1170. The minimum Gasteiger partial charge on any atom is -0.490 e. The van der Waals surface area contributed by atoms with Crippen LogP contribution in [-0.4, -0.2) is 75.0 Å². The molecule has 0 radical (unpaired) electrons. The van der Waals surface area contributed by atoms with Gasteiger partial charge in [0, 0.05) is 56.0 Å². The number of piperazine rings is 1. The van der Waals surface area contributed by atoms with Crippen molar-refractivity contribution in [3.05, 3.63) is 42.0 Å². The predicted octanol–water partition coefficient (Wildman–Crippen LogP) is 3.53. The summed E-state index contributed by atoms with van der Waals surface area (Å²) in [6.07, 6.45) is 5.60. The van der Waals surface area contributed by atoms with Crippen LogP contribution in [0.3, 0.4) is 0 Å². The van der Waals surface area contributed by atoms with Crippen LogP contribution in [0.4, 0.5) is 17.5 Å². The van der Waals surface area contributed by atoms with Gasteiger partial charge in [-0.05, 0) is 38.2 Å². The van der Waals surface area contributed by atoms with Crippen LogP contribution < -0.4 is 19.7 Å². The summed E-state index contributed by atoms with van der Waals surface area (Å²) in [6.45, 7) is 7.02. The van der Waals surface area contributed by atoms with E-state index in [-0.39, 0.29) is 0 Å². The van der Waals surface area contributed by atoms with E-state index in [9.17, 15) is 0 Å². The molecule has 0 unspecified atom stereocenters. The minimum atomic E-state index is 0.412. The first-order chi connectivity index (χ1) is 16.6. The van der Waals surface area contributed by atoms with Crippen LogP contribution in [0.15, 0.2) is 36.4 Å². The van der Waals surface area contributed by atoms with E-state index in [0.29, 0.717) is 43.1 Å². The van der Waals surface area contributed by atoms with Crippen molar-refractivity contribution in [3.8, 4) is 23.8 Å². The number of anilines is 3. The summed E-state index contributed by atoms with van der Waals surface area (Å²) < 4.78 is 17.0. The second-order valence-electron chi connectivity index (χ2n) is 8.10. The summed E-state index contributed by atoms with van der Waals surface area (Å²) in [4.78, 5) is 14.3. The zero-order valence-electron chi connectivity index (χ0n) is 20.0. The van der Waals surface area contributed by atoms with Gasteiger partial charge < -0.3 is 29.3 Å². The molecule has 34 heavy (non-hydrogen) atoms. The molecule has 0 spiro atoms. The van der Waals surface area contributed by atoms with Crippen LogP contribution in [0, 0.1) is 12.3 Å². The second kappa shape index (κ2) is 11.1. The maximum Gasteiger partial charge on any atom is 0.227 e. The van der Waals surface area contributed by atoms with E-state index in [0.717, 1.165) is 48.3 Å². The molecule has 2 aromatic carbocycles. The summed E-state index contributed by atoms with van der Waals surface area (Å²) in [5.41, 5.74) is 2.43. The monoisotopic (exact) mass is 461 g/mol. The zero-order chi connectivity index (χ0) is 23.9. The molecule has 1 N–H and O–H groups in total. The number of hydrogen-bond donors (Lipinski definition) is 1. The molecule has 0 bridgehead atoms. The van der Waals surface area contributed by atoms with E-state index in [2.05, 4.69) is 28.1 Å². The summed E-state index contributed by atoms with van der Waals surface area (Å²) in [5.74, 6) is 5.33. The van der Waals surface area contributed by atoms with Crippen molar-refractivity contribution in [1.29, 1.82) is 0 Å². The minimum absolute atomic E-state index is 0.412. The van der Waals surface area contributed by atoms with Crippen molar-refractivity contribution in [3.63, 3.8) is 0 Å². The van der Waals surface area contributed by atoms with Gasteiger partial charge in [-0.2, -0.15) is 4.98 Å². The molecule has 0 aliphatic carbocycles. The summed E-state index contributed by atoms with van der Waals surface area (Å²) >= 11 is 0. The van der Waals surface area contributed by atoms with Gasteiger partial charge in [-0.3, -0.25) is 0 Å². The summed E-state index contributed by atoms with van der Waals surface area (Å²) in [5, 5.41) is 4.28. The fraction of sp³-hybridized carbons (Fsp3) is 0.385. The molecule has 0 amide bonds. The number of likely N-dealkylation sites (N-methyl/N-ethyl adjacent to an activating group) is 1. The Balaban J connectivity index is 1.80. The second-order valence-corrected chi connectivity index (χ2v) is 8.10. The van der Waals surface area contributed by atoms with Gasteiger partial charge in [-0.15, -0.1) is 6.42 Å². The third kappa shape index (κ3) is 5.50. The third-order valence-corrected chi connectivity index (χ3v) is 5.67. The number of aromatic nitrogens is 2. The van der Waals surface area contributed by atoms with Crippen LogP contribution in [-0.2, 0) is 4.74 Å². The van der Waals surface area contributed by atoms with Crippen molar-refractivity contribution in [2.24, 2.45) is 0 Å². The van der Waals surface area contributed by atoms with E-state index in [4.69, 9.17) is 30.6 Å². The normalized spacial score (nSPS) is 14.1. The van der Waals surface area contributed by atoms with Gasteiger partial charge >= 0.3 is 0 Å². The number of rotatable bonds is 9. The largest absolute Gasteiger partial charge is 0.490 e. The van der Waals surface area contributed by atoms with E-state index in [1.165, 1.54) is 0 Å². The van der Waals surface area contributed by atoms with Crippen LogP contribution in [0.25, 0.3) is 10.9 Å². The predicted molar refractivity (Wildman–Crippen MR) is 135 cm³/mol. The maximum atomic E-state index is 5.96. The molecule has 3 aromatic rings. The quantitative estimate of drug-likeness (QED) is 0.383. The molecule has 0 atom stereocenters. The van der Waals surface area contributed by atoms with Crippen molar-refractivity contribution in [2.75, 3.05) is 70.4 Å². The summed E-state index contributed by atoms with van der Waals surface area (Å²) in [7, 11) is 3.77. The standard InChI is InChI=1S/C26H31N5O3/c1-5-19-8-7-9-20(16-19)27-25-21-17-23(34-15-14-32-4)24(33-6-2)18-22(21)28-26(29-25)31-12-10-30(3)11-13-31/h1,7-9,16-18H,6,10-15H2,2-4H3,(H,27,28,29). The van der Waals surface area contributed by atoms with Crippen molar-refractivity contribution in [2.45, 2.75) is 6.92 Å². The van der Waals surface area contributed by atoms with Gasteiger partial charge in [0.05, 0.1) is 18.7 Å². The van der Waals surface area contributed by atoms with Gasteiger partial charge in [-0.1, -0.05) is 12.0 Å². The number of fused-ring (bicyclic) bond motifs is 1. The number of ether oxygens (including phenoxy) is 3. The van der Waals surface area contributed by atoms with Crippen LogP contribution in [0.5, 0.6) is 11.5 Å². The van der Waals surface area contributed by atoms with Gasteiger partial charge in [0.2, 0.25) is 5.95 Å². The Hall–Kier alpha value is -3.54. The molecule has 1 aromatic heterocycles. The van der Waals surface area contributed by atoms with Crippen LogP contribution in [0.2, 0.25) is 0 Å². The molecule has 1 saturated heterocycles. The third-order valence-electron chi connectivity index (χ3n) is 5.67. The summed E-state index contributed by atoms with van der Waals surface area (Å²) in [6, 6.07) is 11.6. The topological polar surface area (TPSA) is 72.0 Å². The lowest BCUT2D eigenvalue weighted by atomic mass is 10.1.